The second-order valence-electron chi connectivity index (χ2n) is 6.93. The first kappa shape index (κ1) is 18.6. The molecule has 2 aromatic carbocycles. The molecular formula is C21H16FN3O4. The highest BCUT2D eigenvalue weighted by Gasteiger charge is 2.40. The van der Waals surface area contributed by atoms with Gasteiger partial charge in [0, 0.05) is 18.1 Å². The van der Waals surface area contributed by atoms with Gasteiger partial charge < -0.3 is 9.64 Å². The topological polar surface area (TPSA) is 99.5 Å². The molecule has 146 valence electrons. The molecule has 2 aliphatic rings. The number of imide groups is 1. The summed E-state index contributed by atoms with van der Waals surface area (Å²) in [6, 6.07) is 10.4. The Morgan fingerprint density at radius 1 is 1.21 bits per heavy atom. The molecule has 29 heavy (non-hydrogen) atoms. The van der Waals surface area contributed by atoms with Gasteiger partial charge in [0.1, 0.15) is 24.2 Å². The van der Waals surface area contributed by atoms with Crippen LogP contribution in [0, 0.1) is 17.1 Å². The largest absolute Gasteiger partial charge is 0.488 e. The van der Waals surface area contributed by atoms with Crippen molar-refractivity contribution in [3.05, 3.63) is 64.5 Å². The average molecular weight is 393 g/mol. The Morgan fingerprint density at radius 2 is 1.97 bits per heavy atom. The van der Waals surface area contributed by atoms with Gasteiger partial charge in [0.2, 0.25) is 11.8 Å². The molecule has 7 nitrogen and oxygen atoms in total. The smallest absolute Gasteiger partial charge is 0.255 e. The zero-order valence-corrected chi connectivity index (χ0v) is 15.3. The first-order chi connectivity index (χ1) is 14.0. The lowest BCUT2D eigenvalue weighted by molar-refractivity contribution is -0.136. The van der Waals surface area contributed by atoms with Crippen LogP contribution in [0.2, 0.25) is 0 Å². The molecule has 0 unspecified atom stereocenters. The number of nitriles is 1. The normalized spacial score (nSPS) is 18.3. The van der Waals surface area contributed by atoms with E-state index in [0.717, 1.165) is 11.6 Å². The van der Waals surface area contributed by atoms with E-state index >= 15 is 0 Å². The highest BCUT2D eigenvalue weighted by atomic mass is 19.1. The maximum atomic E-state index is 14.1. The van der Waals surface area contributed by atoms with Crippen molar-refractivity contribution in [2.24, 2.45) is 0 Å². The van der Waals surface area contributed by atoms with Gasteiger partial charge in [-0.25, -0.2) is 4.39 Å². The summed E-state index contributed by atoms with van der Waals surface area (Å²) in [6.07, 6.45) is 0.376. The van der Waals surface area contributed by atoms with Crippen LogP contribution in [0.15, 0.2) is 36.4 Å². The molecular weight excluding hydrogens is 377 g/mol. The monoisotopic (exact) mass is 393 g/mol. The van der Waals surface area contributed by atoms with Gasteiger partial charge in [0.15, 0.2) is 0 Å². The Kier molecular flexibility index (Phi) is 4.72. The maximum absolute atomic E-state index is 14.1. The van der Waals surface area contributed by atoms with E-state index in [1.165, 1.54) is 11.0 Å². The molecule has 3 amide bonds. The number of carbonyl (C=O) groups excluding carboxylic acids is 3. The first-order valence-electron chi connectivity index (χ1n) is 9.05. The van der Waals surface area contributed by atoms with Crippen molar-refractivity contribution in [2.45, 2.75) is 32.0 Å². The first-order valence-corrected chi connectivity index (χ1v) is 9.05. The third-order valence-corrected chi connectivity index (χ3v) is 5.06. The number of benzene rings is 2. The summed E-state index contributed by atoms with van der Waals surface area (Å²) >= 11 is 0. The number of halogens is 1. The fourth-order valence-electron chi connectivity index (χ4n) is 3.56. The molecule has 1 fully saturated rings. The minimum atomic E-state index is -0.776. The van der Waals surface area contributed by atoms with Crippen molar-refractivity contribution in [3.63, 3.8) is 0 Å². The fraction of sp³-hybridized carbons (Fsp3) is 0.238. The van der Waals surface area contributed by atoms with Crippen LogP contribution in [-0.4, -0.2) is 28.7 Å². The van der Waals surface area contributed by atoms with Gasteiger partial charge in [-0.15, -0.1) is 0 Å². The van der Waals surface area contributed by atoms with Gasteiger partial charge in [-0.1, -0.05) is 12.1 Å². The van der Waals surface area contributed by atoms with Crippen LogP contribution >= 0.6 is 0 Å². The molecule has 0 spiro atoms. The van der Waals surface area contributed by atoms with Gasteiger partial charge >= 0.3 is 0 Å². The zero-order chi connectivity index (χ0) is 20.5. The van der Waals surface area contributed by atoms with E-state index in [0.29, 0.717) is 11.1 Å². The lowest BCUT2D eigenvalue weighted by atomic mass is 10.0. The van der Waals surface area contributed by atoms with Crippen LogP contribution in [0.25, 0.3) is 0 Å². The molecule has 2 heterocycles. The molecule has 1 N–H and O–H groups in total. The minimum Gasteiger partial charge on any atom is -0.488 e. The molecule has 0 radical (unpaired) electrons. The second-order valence-corrected chi connectivity index (χ2v) is 6.93. The molecule has 2 aromatic rings. The molecule has 0 aromatic heterocycles. The number of piperidine rings is 1. The third kappa shape index (κ3) is 3.55. The number of nitrogens with one attached hydrogen (secondary N) is 1. The van der Waals surface area contributed by atoms with E-state index in [1.54, 1.807) is 24.3 Å². The number of amides is 3. The molecule has 4 rings (SSSR count). The Balaban J connectivity index is 1.56. The van der Waals surface area contributed by atoms with Gasteiger partial charge in [-0.05, 0) is 30.2 Å². The Hall–Kier alpha value is -3.73. The number of nitrogens with zero attached hydrogens (tertiary/aromatic N) is 2. The third-order valence-electron chi connectivity index (χ3n) is 5.06. The van der Waals surface area contributed by atoms with Crippen molar-refractivity contribution in [2.75, 3.05) is 0 Å². The van der Waals surface area contributed by atoms with Crippen molar-refractivity contribution in [3.8, 4) is 11.8 Å². The van der Waals surface area contributed by atoms with Crippen LogP contribution in [-0.2, 0) is 22.7 Å². The number of hydrogen-bond donors (Lipinski definition) is 1. The molecule has 0 bridgehead atoms. The van der Waals surface area contributed by atoms with E-state index in [-0.39, 0.29) is 43.2 Å². The molecule has 0 aliphatic carbocycles. The highest BCUT2D eigenvalue weighted by Crippen LogP contribution is 2.35. The predicted molar refractivity (Wildman–Crippen MR) is 97.9 cm³/mol. The van der Waals surface area contributed by atoms with Gasteiger partial charge in [0.05, 0.1) is 23.7 Å². The summed E-state index contributed by atoms with van der Waals surface area (Å²) < 4.78 is 19.9. The summed E-state index contributed by atoms with van der Waals surface area (Å²) in [5.74, 6) is -1.74. The molecule has 1 atom stereocenters. The van der Waals surface area contributed by atoms with Crippen molar-refractivity contribution in [1.29, 1.82) is 5.26 Å². The average Bonchev–Trinajstić information content (AvgIpc) is 3.03. The summed E-state index contributed by atoms with van der Waals surface area (Å²) in [5.41, 5.74) is 1.97. The number of carbonyl (C=O) groups is 3. The van der Waals surface area contributed by atoms with Gasteiger partial charge in [0.25, 0.3) is 5.91 Å². The molecule has 0 saturated carbocycles. The van der Waals surface area contributed by atoms with Crippen molar-refractivity contribution >= 4 is 17.7 Å². The Morgan fingerprint density at radius 3 is 2.66 bits per heavy atom. The van der Waals surface area contributed by atoms with Crippen LogP contribution in [0.5, 0.6) is 5.75 Å². The number of hydrogen-bond acceptors (Lipinski definition) is 5. The lowest BCUT2D eigenvalue weighted by Gasteiger charge is -2.29. The van der Waals surface area contributed by atoms with Crippen molar-refractivity contribution < 1.29 is 23.5 Å². The fourth-order valence-corrected chi connectivity index (χ4v) is 3.56. The van der Waals surface area contributed by atoms with E-state index in [1.807, 2.05) is 6.07 Å². The van der Waals surface area contributed by atoms with Crippen LogP contribution in [0.1, 0.15) is 39.9 Å². The van der Waals surface area contributed by atoms with Crippen LogP contribution in [0.3, 0.4) is 0 Å². The summed E-state index contributed by atoms with van der Waals surface area (Å²) in [4.78, 5) is 37.6. The molecule has 2 aliphatic heterocycles. The van der Waals surface area contributed by atoms with E-state index < -0.39 is 23.7 Å². The van der Waals surface area contributed by atoms with Crippen molar-refractivity contribution in [1.82, 2.24) is 10.2 Å². The summed E-state index contributed by atoms with van der Waals surface area (Å²) in [6.45, 7) is 0.234. The van der Waals surface area contributed by atoms with Crippen LogP contribution in [0.4, 0.5) is 4.39 Å². The predicted octanol–water partition coefficient (Wildman–Crippen LogP) is 2.04. The number of fused-ring (bicyclic) bond motifs is 1. The number of ether oxygens (including phenoxy) is 1. The van der Waals surface area contributed by atoms with E-state index in [4.69, 9.17) is 10.00 Å². The number of rotatable bonds is 4. The van der Waals surface area contributed by atoms with Gasteiger partial charge in [-0.2, -0.15) is 5.26 Å². The maximum Gasteiger partial charge on any atom is 0.255 e. The summed E-state index contributed by atoms with van der Waals surface area (Å²) in [5, 5.41) is 11.1. The second kappa shape index (κ2) is 7.36. The SMILES string of the molecule is N#Cc1ccc(COc2cc(F)cc3c2CN([C@H]2CCC(=O)NC2=O)C3=O)cc1. The van der Waals surface area contributed by atoms with Gasteiger partial charge in [-0.3, -0.25) is 19.7 Å². The lowest BCUT2D eigenvalue weighted by Crippen LogP contribution is -2.52. The highest BCUT2D eigenvalue weighted by molar-refractivity contribution is 6.05. The zero-order valence-electron chi connectivity index (χ0n) is 15.3. The molecule has 1 saturated heterocycles. The molecule has 8 heteroatoms. The quantitative estimate of drug-likeness (QED) is 0.802. The van der Waals surface area contributed by atoms with E-state index in [2.05, 4.69) is 5.32 Å². The van der Waals surface area contributed by atoms with Crippen LogP contribution < -0.4 is 10.1 Å². The standard InChI is InChI=1S/C21H16FN3O4/c22-14-7-15-16(10-25(21(15)28)17-5-6-19(26)24-20(17)27)18(8-14)29-11-13-3-1-12(9-23)2-4-13/h1-4,7-8,17H,5-6,10-11H2,(H,24,26,27)/t17-/m0/s1. The minimum absolute atomic E-state index is 0.101. The van der Waals surface area contributed by atoms with E-state index in [9.17, 15) is 18.8 Å². The Labute approximate surface area is 165 Å². The summed E-state index contributed by atoms with van der Waals surface area (Å²) in [7, 11) is 0. The Bertz CT molecular complexity index is 1060.